The minimum Gasteiger partial charge on any atom is -0.352 e. The normalized spacial score (nSPS) is 13.2. The quantitative estimate of drug-likeness (QED) is 0.850. The topological polar surface area (TPSA) is 66.5 Å². The molecule has 0 saturated carbocycles. The molecule has 0 aromatic heterocycles. The zero-order valence-electron chi connectivity index (χ0n) is 12.1. The van der Waals surface area contributed by atoms with E-state index in [-0.39, 0.29) is 18.5 Å². The molecule has 0 radical (unpaired) electrons. The van der Waals surface area contributed by atoms with Crippen LogP contribution in [0, 0.1) is 0 Å². The summed E-state index contributed by atoms with van der Waals surface area (Å²) in [6.45, 7) is 1.61. The largest absolute Gasteiger partial charge is 0.352 e. The first kappa shape index (κ1) is 18.2. The lowest BCUT2D eigenvalue weighted by Gasteiger charge is -2.18. The number of likely N-dealkylation sites (N-methyl/N-ethyl adjacent to an activating group) is 1. The number of amides is 1. The molecule has 1 aromatic carbocycles. The first-order valence-corrected chi connectivity index (χ1v) is 8.84. The lowest BCUT2D eigenvalue weighted by Crippen LogP contribution is -2.42. The van der Waals surface area contributed by atoms with Crippen LogP contribution in [-0.2, 0) is 21.2 Å². The van der Waals surface area contributed by atoms with Gasteiger partial charge in [-0.25, -0.2) is 8.42 Å². The second kappa shape index (κ2) is 7.45. The number of carbonyl (C=O) groups excluding carboxylic acids is 1. The van der Waals surface area contributed by atoms with Crippen LogP contribution in [0.5, 0.6) is 0 Å². The predicted octanol–water partition coefficient (Wildman–Crippen LogP) is 1.93. The molecule has 0 heterocycles. The van der Waals surface area contributed by atoms with E-state index in [2.05, 4.69) is 5.32 Å². The summed E-state index contributed by atoms with van der Waals surface area (Å²) in [4.78, 5) is 11.8. The van der Waals surface area contributed by atoms with Gasteiger partial charge in [-0.2, -0.15) is 4.31 Å². The second-order valence-electron chi connectivity index (χ2n) is 4.93. The number of rotatable bonds is 6. The minimum absolute atomic E-state index is 0.177. The standard InChI is InChI=1S/C13H18Cl2N2O3S/c1-9(6-10-4-5-11(14)7-12(10)15)16-13(18)8-17(2)21(3,19)20/h4-5,7,9H,6,8H2,1-3H3,(H,16,18). The fourth-order valence-electron chi connectivity index (χ4n) is 1.71. The molecule has 0 aliphatic heterocycles. The van der Waals surface area contributed by atoms with Crippen molar-refractivity contribution in [3.63, 3.8) is 0 Å². The molecule has 5 nitrogen and oxygen atoms in total. The maximum atomic E-state index is 11.8. The van der Waals surface area contributed by atoms with Crippen LogP contribution in [0.2, 0.25) is 10.0 Å². The Morgan fingerprint density at radius 2 is 2.00 bits per heavy atom. The van der Waals surface area contributed by atoms with E-state index in [1.165, 1.54) is 7.05 Å². The molecule has 118 valence electrons. The van der Waals surface area contributed by atoms with Gasteiger partial charge in [-0.3, -0.25) is 4.79 Å². The molecule has 0 aliphatic carbocycles. The smallest absolute Gasteiger partial charge is 0.235 e. The second-order valence-corrected chi connectivity index (χ2v) is 7.86. The number of nitrogens with zero attached hydrogens (tertiary/aromatic N) is 1. The molecule has 0 spiro atoms. The van der Waals surface area contributed by atoms with E-state index in [9.17, 15) is 13.2 Å². The van der Waals surface area contributed by atoms with E-state index in [0.717, 1.165) is 16.1 Å². The van der Waals surface area contributed by atoms with Gasteiger partial charge in [0.15, 0.2) is 0 Å². The number of sulfonamides is 1. The Hall–Kier alpha value is -0.820. The van der Waals surface area contributed by atoms with Crippen molar-refractivity contribution in [3.05, 3.63) is 33.8 Å². The van der Waals surface area contributed by atoms with Crippen molar-refractivity contribution in [2.45, 2.75) is 19.4 Å². The first-order valence-electron chi connectivity index (χ1n) is 6.24. The molecule has 0 fully saturated rings. The van der Waals surface area contributed by atoms with E-state index in [1.807, 2.05) is 6.92 Å². The molecule has 8 heteroatoms. The summed E-state index contributed by atoms with van der Waals surface area (Å²) in [7, 11) is -2.01. The minimum atomic E-state index is -3.37. The number of nitrogens with one attached hydrogen (secondary N) is 1. The van der Waals surface area contributed by atoms with Gasteiger partial charge in [-0.1, -0.05) is 29.3 Å². The summed E-state index contributed by atoms with van der Waals surface area (Å²) >= 11 is 11.9. The van der Waals surface area contributed by atoms with Gasteiger partial charge >= 0.3 is 0 Å². The highest BCUT2D eigenvalue weighted by atomic mass is 35.5. The highest BCUT2D eigenvalue weighted by molar-refractivity contribution is 7.88. The first-order chi connectivity index (χ1) is 9.59. The number of hydrogen-bond donors (Lipinski definition) is 1. The molecule has 1 aromatic rings. The van der Waals surface area contributed by atoms with Crippen molar-refractivity contribution in [2.75, 3.05) is 19.8 Å². The molecule has 0 aliphatic rings. The molecule has 1 atom stereocenters. The number of carbonyl (C=O) groups is 1. The number of hydrogen-bond acceptors (Lipinski definition) is 3. The number of benzene rings is 1. The summed E-state index contributed by atoms with van der Waals surface area (Å²) in [6, 6.07) is 5.00. The third kappa shape index (κ3) is 6.22. The van der Waals surface area contributed by atoms with E-state index < -0.39 is 10.0 Å². The van der Waals surface area contributed by atoms with Crippen molar-refractivity contribution in [1.29, 1.82) is 0 Å². The van der Waals surface area contributed by atoms with Gasteiger partial charge in [0.25, 0.3) is 0 Å². The SMILES string of the molecule is CC(Cc1ccc(Cl)cc1Cl)NC(=O)CN(C)S(C)(=O)=O. The summed E-state index contributed by atoms with van der Waals surface area (Å²) in [6.07, 6.45) is 1.58. The van der Waals surface area contributed by atoms with Crippen LogP contribution < -0.4 is 5.32 Å². The van der Waals surface area contributed by atoms with Crippen molar-refractivity contribution in [3.8, 4) is 0 Å². The number of halogens is 2. The average molecular weight is 353 g/mol. The van der Waals surface area contributed by atoms with Crippen LogP contribution in [0.1, 0.15) is 12.5 Å². The predicted molar refractivity (Wildman–Crippen MR) is 85.2 cm³/mol. The summed E-state index contributed by atoms with van der Waals surface area (Å²) in [5, 5.41) is 3.83. The maximum Gasteiger partial charge on any atom is 0.235 e. The third-order valence-corrected chi connectivity index (χ3v) is 4.73. The van der Waals surface area contributed by atoms with Gasteiger partial charge in [0.2, 0.25) is 15.9 Å². The van der Waals surface area contributed by atoms with Crippen LogP contribution >= 0.6 is 23.2 Å². The molecule has 1 amide bonds. The lowest BCUT2D eigenvalue weighted by molar-refractivity contribution is -0.121. The zero-order valence-corrected chi connectivity index (χ0v) is 14.4. The molecular weight excluding hydrogens is 335 g/mol. The fraction of sp³-hybridized carbons (Fsp3) is 0.462. The summed E-state index contributed by atoms with van der Waals surface area (Å²) < 4.78 is 23.5. The van der Waals surface area contributed by atoms with E-state index in [4.69, 9.17) is 23.2 Å². The van der Waals surface area contributed by atoms with Gasteiger partial charge in [-0.05, 0) is 31.0 Å². The summed E-state index contributed by atoms with van der Waals surface area (Å²) in [5.41, 5.74) is 0.866. The Morgan fingerprint density at radius 1 is 1.38 bits per heavy atom. The van der Waals surface area contributed by atoms with Gasteiger partial charge in [-0.15, -0.1) is 0 Å². The van der Waals surface area contributed by atoms with Crippen molar-refractivity contribution < 1.29 is 13.2 Å². The van der Waals surface area contributed by atoms with Gasteiger partial charge in [0.1, 0.15) is 0 Å². The van der Waals surface area contributed by atoms with Gasteiger partial charge in [0.05, 0.1) is 12.8 Å². The molecule has 1 unspecified atom stereocenters. The van der Waals surface area contributed by atoms with Crippen LogP contribution in [0.4, 0.5) is 0 Å². The molecule has 1 rings (SSSR count). The molecule has 1 N–H and O–H groups in total. The molecule has 21 heavy (non-hydrogen) atoms. The Labute approximate surface area is 135 Å². The molecule has 0 saturated heterocycles. The Bertz CT molecular complexity index is 620. The highest BCUT2D eigenvalue weighted by Gasteiger charge is 2.17. The van der Waals surface area contributed by atoms with Crippen LogP contribution in [0.3, 0.4) is 0 Å². The fourth-order valence-corrected chi connectivity index (χ4v) is 2.55. The Kier molecular flexibility index (Phi) is 6.46. The lowest BCUT2D eigenvalue weighted by atomic mass is 10.1. The van der Waals surface area contributed by atoms with Crippen LogP contribution in [0.25, 0.3) is 0 Å². The highest BCUT2D eigenvalue weighted by Crippen LogP contribution is 2.22. The monoisotopic (exact) mass is 352 g/mol. The van der Waals surface area contributed by atoms with E-state index in [0.29, 0.717) is 16.5 Å². The van der Waals surface area contributed by atoms with E-state index >= 15 is 0 Å². The van der Waals surface area contributed by atoms with Gasteiger partial charge < -0.3 is 5.32 Å². The van der Waals surface area contributed by atoms with Crippen molar-refractivity contribution >= 4 is 39.1 Å². The summed E-state index contributed by atoms with van der Waals surface area (Å²) in [5.74, 6) is -0.361. The molecule has 0 bridgehead atoms. The van der Waals surface area contributed by atoms with Crippen LogP contribution in [0.15, 0.2) is 18.2 Å². The maximum absolute atomic E-state index is 11.8. The third-order valence-electron chi connectivity index (χ3n) is 2.88. The molecular formula is C13H18Cl2N2O3S. The zero-order chi connectivity index (χ0) is 16.2. The van der Waals surface area contributed by atoms with Gasteiger partial charge in [0, 0.05) is 23.1 Å². The van der Waals surface area contributed by atoms with Crippen molar-refractivity contribution in [2.24, 2.45) is 0 Å². The van der Waals surface area contributed by atoms with Crippen molar-refractivity contribution in [1.82, 2.24) is 9.62 Å². The van der Waals surface area contributed by atoms with E-state index in [1.54, 1.807) is 18.2 Å². The average Bonchev–Trinajstić information content (AvgIpc) is 2.31. The Balaban J connectivity index is 2.57. The van der Waals surface area contributed by atoms with Crippen LogP contribution in [-0.4, -0.2) is 44.5 Å². The Morgan fingerprint density at radius 3 is 2.52 bits per heavy atom.